The van der Waals surface area contributed by atoms with Crippen molar-refractivity contribution in [3.63, 3.8) is 0 Å². The molecule has 0 spiro atoms. The van der Waals surface area contributed by atoms with Gasteiger partial charge in [-0.3, -0.25) is 4.79 Å². The molecule has 3 nitrogen and oxygen atoms in total. The van der Waals surface area contributed by atoms with E-state index in [1.54, 1.807) is 6.07 Å². The summed E-state index contributed by atoms with van der Waals surface area (Å²) in [6, 6.07) is 4.92. The zero-order valence-corrected chi connectivity index (χ0v) is 9.13. The second kappa shape index (κ2) is 4.51. The minimum Gasteiger partial charge on any atom is -0.494 e. The molecule has 1 aromatic carbocycles. The van der Waals surface area contributed by atoms with Crippen LogP contribution in [0.5, 0.6) is 5.75 Å². The molecule has 1 N–H and O–H groups in total. The molecule has 0 aromatic heterocycles. The first-order chi connectivity index (χ1) is 7.69. The number of nitrogens with one attached hydrogen (secondary N) is 1. The number of amides is 1. The van der Waals surface area contributed by atoms with Gasteiger partial charge in [0.25, 0.3) is 0 Å². The van der Waals surface area contributed by atoms with Gasteiger partial charge >= 0.3 is 0 Å². The van der Waals surface area contributed by atoms with Crippen LogP contribution in [0.1, 0.15) is 18.4 Å². The summed E-state index contributed by atoms with van der Waals surface area (Å²) in [5.41, 5.74) is 0.663. The zero-order valence-electron chi connectivity index (χ0n) is 9.13. The van der Waals surface area contributed by atoms with Gasteiger partial charge in [-0.1, -0.05) is 6.07 Å². The molecule has 86 valence electrons. The molecule has 0 heterocycles. The first-order valence-electron chi connectivity index (χ1n) is 5.31. The van der Waals surface area contributed by atoms with Gasteiger partial charge in [-0.2, -0.15) is 0 Å². The lowest BCUT2D eigenvalue weighted by Gasteiger charge is -2.05. The monoisotopic (exact) mass is 223 g/mol. The Bertz CT molecular complexity index is 402. The molecule has 0 saturated heterocycles. The highest BCUT2D eigenvalue weighted by molar-refractivity contribution is 5.79. The summed E-state index contributed by atoms with van der Waals surface area (Å²) < 4.78 is 18.1. The van der Waals surface area contributed by atoms with Gasteiger partial charge in [0.15, 0.2) is 11.6 Å². The normalized spacial score (nSPS) is 14.6. The molecule has 1 aromatic rings. The maximum Gasteiger partial charge on any atom is 0.224 e. The molecule has 0 bridgehead atoms. The van der Waals surface area contributed by atoms with Gasteiger partial charge in [0.05, 0.1) is 13.5 Å². The third-order valence-electron chi connectivity index (χ3n) is 2.52. The van der Waals surface area contributed by atoms with E-state index >= 15 is 0 Å². The maximum atomic E-state index is 13.3. The van der Waals surface area contributed by atoms with Gasteiger partial charge in [-0.05, 0) is 30.5 Å². The Balaban J connectivity index is 1.97. The molecule has 1 amide bonds. The molecule has 1 saturated carbocycles. The lowest BCUT2D eigenvalue weighted by Crippen LogP contribution is -2.26. The van der Waals surface area contributed by atoms with Crippen LogP contribution in [-0.2, 0) is 11.2 Å². The molecule has 0 unspecified atom stereocenters. The zero-order chi connectivity index (χ0) is 11.5. The van der Waals surface area contributed by atoms with E-state index in [1.807, 2.05) is 0 Å². The average Bonchev–Trinajstić information content (AvgIpc) is 3.01. The SMILES string of the molecule is COc1ccc(CC(=O)NC2CC2)cc1F. The fourth-order valence-electron chi connectivity index (χ4n) is 1.51. The number of halogens is 1. The molecule has 0 atom stereocenters. The Morgan fingerprint density at radius 1 is 1.56 bits per heavy atom. The Hall–Kier alpha value is -1.58. The van der Waals surface area contributed by atoms with E-state index in [1.165, 1.54) is 19.2 Å². The van der Waals surface area contributed by atoms with E-state index in [2.05, 4.69) is 5.32 Å². The molecule has 0 aliphatic heterocycles. The van der Waals surface area contributed by atoms with Crippen molar-refractivity contribution in [3.8, 4) is 5.75 Å². The van der Waals surface area contributed by atoms with Crippen molar-refractivity contribution in [3.05, 3.63) is 29.6 Å². The number of ether oxygens (including phenoxy) is 1. The summed E-state index contributed by atoms with van der Waals surface area (Å²) in [5, 5.41) is 2.86. The lowest BCUT2D eigenvalue weighted by atomic mass is 10.1. The molecular formula is C12H14FNO2. The molecular weight excluding hydrogens is 209 g/mol. The summed E-state index contributed by atoms with van der Waals surface area (Å²) in [5.74, 6) is -0.280. The smallest absolute Gasteiger partial charge is 0.224 e. The van der Waals surface area contributed by atoms with Crippen LogP contribution < -0.4 is 10.1 Å². The first kappa shape index (κ1) is 10.9. The van der Waals surface area contributed by atoms with Gasteiger partial charge in [-0.25, -0.2) is 4.39 Å². The van der Waals surface area contributed by atoms with E-state index in [-0.39, 0.29) is 18.1 Å². The van der Waals surface area contributed by atoms with Crippen molar-refractivity contribution in [1.82, 2.24) is 5.32 Å². The lowest BCUT2D eigenvalue weighted by molar-refractivity contribution is -0.120. The van der Waals surface area contributed by atoms with E-state index in [0.717, 1.165) is 12.8 Å². The fourth-order valence-corrected chi connectivity index (χ4v) is 1.51. The Labute approximate surface area is 93.6 Å². The highest BCUT2D eigenvalue weighted by atomic mass is 19.1. The third-order valence-corrected chi connectivity index (χ3v) is 2.52. The number of carbonyl (C=O) groups is 1. The highest BCUT2D eigenvalue weighted by Crippen LogP contribution is 2.20. The number of benzene rings is 1. The van der Waals surface area contributed by atoms with Gasteiger partial charge in [0.1, 0.15) is 0 Å². The number of carbonyl (C=O) groups excluding carboxylic acids is 1. The van der Waals surface area contributed by atoms with Gasteiger partial charge in [0, 0.05) is 6.04 Å². The van der Waals surface area contributed by atoms with Crippen LogP contribution in [0, 0.1) is 5.82 Å². The minimum atomic E-state index is -0.431. The summed E-state index contributed by atoms with van der Waals surface area (Å²) in [6.07, 6.45) is 2.34. The summed E-state index contributed by atoms with van der Waals surface area (Å²) in [4.78, 5) is 11.5. The largest absolute Gasteiger partial charge is 0.494 e. The van der Waals surface area contributed by atoms with Crippen LogP contribution in [0.4, 0.5) is 4.39 Å². The van der Waals surface area contributed by atoms with Crippen molar-refractivity contribution in [2.75, 3.05) is 7.11 Å². The van der Waals surface area contributed by atoms with Crippen LogP contribution in [0.15, 0.2) is 18.2 Å². The molecule has 4 heteroatoms. The van der Waals surface area contributed by atoms with Crippen LogP contribution in [0.2, 0.25) is 0 Å². The molecule has 1 aliphatic rings. The maximum absolute atomic E-state index is 13.3. The van der Waals surface area contributed by atoms with E-state index in [4.69, 9.17) is 4.74 Å². The van der Waals surface area contributed by atoms with Crippen molar-refractivity contribution >= 4 is 5.91 Å². The number of rotatable bonds is 4. The summed E-state index contributed by atoms with van der Waals surface area (Å²) >= 11 is 0. The van der Waals surface area contributed by atoms with E-state index in [9.17, 15) is 9.18 Å². The van der Waals surface area contributed by atoms with Gasteiger partial charge < -0.3 is 10.1 Å². The topological polar surface area (TPSA) is 38.3 Å². The van der Waals surface area contributed by atoms with Crippen LogP contribution in [-0.4, -0.2) is 19.1 Å². The average molecular weight is 223 g/mol. The van der Waals surface area contributed by atoms with Crippen LogP contribution >= 0.6 is 0 Å². The second-order valence-electron chi connectivity index (χ2n) is 3.99. The minimum absolute atomic E-state index is 0.0490. The van der Waals surface area contributed by atoms with E-state index < -0.39 is 5.82 Å². The quantitative estimate of drug-likeness (QED) is 0.843. The Morgan fingerprint density at radius 2 is 2.31 bits per heavy atom. The number of hydrogen-bond acceptors (Lipinski definition) is 2. The Morgan fingerprint density at radius 3 is 2.88 bits per heavy atom. The molecule has 16 heavy (non-hydrogen) atoms. The van der Waals surface area contributed by atoms with E-state index in [0.29, 0.717) is 11.6 Å². The molecule has 2 rings (SSSR count). The molecule has 1 aliphatic carbocycles. The van der Waals surface area contributed by atoms with Crippen molar-refractivity contribution in [1.29, 1.82) is 0 Å². The predicted octanol–water partition coefficient (Wildman–Crippen LogP) is 1.66. The van der Waals surface area contributed by atoms with Crippen molar-refractivity contribution < 1.29 is 13.9 Å². The third kappa shape index (κ3) is 2.72. The van der Waals surface area contributed by atoms with Gasteiger partial charge in [0.2, 0.25) is 5.91 Å². The predicted molar refractivity (Wildman–Crippen MR) is 57.8 cm³/mol. The molecule has 0 radical (unpaired) electrons. The first-order valence-corrected chi connectivity index (χ1v) is 5.31. The molecule has 1 fully saturated rings. The number of methoxy groups -OCH3 is 1. The van der Waals surface area contributed by atoms with Crippen LogP contribution in [0.3, 0.4) is 0 Å². The second-order valence-corrected chi connectivity index (χ2v) is 3.99. The number of hydrogen-bond donors (Lipinski definition) is 1. The summed E-state index contributed by atoms with van der Waals surface area (Å²) in [7, 11) is 1.41. The highest BCUT2D eigenvalue weighted by Gasteiger charge is 2.23. The van der Waals surface area contributed by atoms with Crippen molar-refractivity contribution in [2.24, 2.45) is 0 Å². The van der Waals surface area contributed by atoms with Crippen LogP contribution in [0.25, 0.3) is 0 Å². The van der Waals surface area contributed by atoms with Crippen molar-refractivity contribution in [2.45, 2.75) is 25.3 Å². The Kier molecular flexibility index (Phi) is 3.08. The summed E-state index contributed by atoms with van der Waals surface area (Å²) in [6.45, 7) is 0. The van der Waals surface area contributed by atoms with Gasteiger partial charge in [-0.15, -0.1) is 0 Å². The standard InChI is InChI=1S/C12H14FNO2/c1-16-11-5-2-8(6-10(11)13)7-12(15)14-9-3-4-9/h2,5-6,9H,3-4,7H2,1H3,(H,14,15). The fraction of sp³-hybridized carbons (Fsp3) is 0.417.